The van der Waals surface area contributed by atoms with Crippen LogP contribution in [0.3, 0.4) is 0 Å². The first-order valence-electron chi connectivity index (χ1n) is 38.4. The third kappa shape index (κ3) is 10.1. The van der Waals surface area contributed by atoms with Gasteiger partial charge in [-0.2, -0.15) is 0 Å². The van der Waals surface area contributed by atoms with E-state index in [0.29, 0.717) is 59.3 Å². The predicted molar refractivity (Wildman–Crippen MR) is 400 cm³/mol. The van der Waals surface area contributed by atoms with Gasteiger partial charge in [-0.1, -0.05) is 206 Å². The summed E-state index contributed by atoms with van der Waals surface area (Å²) in [5.74, 6) is 5.36. The van der Waals surface area contributed by atoms with E-state index in [0.717, 1.165) is 12.3 Å². The summed E-state index contributed by atoms with van der Waals surface area (Å²) in [5, 5.41) is 0. The van der Waals surface area contributed by atoms with Gasteiger partial charge in [0.1, 0.15) is 0 Å². The van der Waals surface area contributed by atoms with E-state index < -0.39 is 0 Å². The second kappa shape index (κ2) is 25.1. The van der Waals surface area contributed by atoms with Gasteiger partial charge < -0.3 is 4.90 Å². The summed E-state index contributed by atoms with van der Waals surface area (Å²) in [4.78, 5) is 2.78. The van der Waals surface area contributed by atoms with Crippen LogP contribution in [0.1, 0.15) is 193 Å². The Kier molecular flexibility index (Phi) is 15.5. The maximum atomic E-state index is 2.81. The molecule has 0 aromatic heterocycles. The molecule has 13 aliphatic carbocycles. The van der Waals surface area contributed by atoms with Gasteiger partial charge in [-0.3, -0.25) is 0 Å². The zero-order chi connectivity index (χ0) is 63.2. The fourth-order valence-corrected chi connectivity index (χ4v) is 22.6. The van der Waals surface area contributed by atoms with E-state index in [1.54, 1.807) is 111 Å². The highest BCUT2D eigenvalue weighted by molar-refractivity contribution is 5.91. The second-order valence-electron chi connectivity index (χ2n) is 31.4. The molecule has 14 aliphatic rings. The number of hydrogen-bond donors (Lipinski definition) is 0. The van der Waals surface area contributed by atoms with Crippen molar-refractivity contribution in [3.8, 4) is 0 Å². The third-order valence-corrected chi connectivity index (χ3v) is 26.7. The van der Waals surface area contributed by atoms with E-state index in [2.05, 4.69) is 223 Å². The normalized spacial score (nSPS) is 29.3. The largest absolute Gasteiger partial charge is 0.338 e. The maximum Gasteiger partial charge on any atom is 0.0413 e. The molecular weight excluding hydrogens is 1160 g/mol. The highest BCUT2D eigenvalue weighted by Gasteiger charge is 2.50. The first-order valence-corrected chi connectivity index (χ1v) is 38.4. The van der Waals surface area contributed by atoms with Crippen molar-refractivity contribution in [2.45, 2.75) is 178 Å². The smallest absolute Gasteiger partial charge is 0.0413 e. The van der Waals surface area contributed by atoms with Crippen molar-refractivity contribution >= 4 is 16.8 Å². The maximum absolute atomic E-state index is 2.81. The van der Waals surface area contributed by atoms with Gasteiger partial charge in [0, 0.05) is 47.0 Å². The quantitative estimate of drug-likeness (QED) is 0.150. The van der Waals surface area contributed by atoms with Crippen molar-refractivity contribution in [1.82, 2.24) is 0 Å². The molecule has 0 saturated carbocycles. The molecule has 0 amide bonds. The average Bonchev–Trinajstić information content (AvgIpc) is 0.719. The third-order valence-electron chi connectivity index (χ3n) is 26.7. The molecule has 6 aromatic rings. The summed E-state index contributed by atoms with van der Waals surface area (Å²) in [6.45, 7) is 0. The van der Waals surface area contributed by atoms with Gasteiger partial charge in [-0.15, -0.1) is 0 Å². The molecule has 11 atom stereocenters. The van der Waals surface area contributed by atoms with Crippen molar-refractivity contribution in [1.29, 1.82) is 0 Å². The molecule has 20 rings (SSSR count). The van der Waals surface area contributed by atoms with Gasteiger partial charge >= 0.3 is 0 Å². The van der Waals surface area contributed by atoms with Gasteiger partial charge in [-0.25, -0.2) is 0 Å². The van der Waals surface area contributed by atoms with E-state index >= 15 is 0 Å². The highest BCUT2D eigenvalue weighted by atomic mass is 15.2. The standard InChI is InChI=1S/C48H48.C47H47N/c1-2-16-33(17-3-1)46-38-23-9-6-18-34(38)28-35-29-44-45(30-43(35)46)48(40-27-13-20-32-15-5-8-22-37(32)40)42-25-11-10-24-41(42)47(44)39-26-12-19-31-14-4-7-21-36(31)39;1-2-19-35(20-3-1)48-44-27-11-6-16-33(44)28-34-29-42-43(30-45(34)48)47(39-26-13-18-32-15-5-8-22-37(32)39)41-24-10-9-23-40(41)46(42)38-25-12-17-31-14-4-7-21-36(31)38/h1-3,6,9-13,16-17,19-20,24-27,30,34,38,41,44,46-47H,4-5,7-8,14-15,18,21-23,28-29H2;1-3,6,9-13,17-20,23-26,30,33,40,42,44,46H,4-5,7-8,14-16,21-22,27-29H2. The number of anilines is 1. The minimum Gasteiger partial charge on any atom is -0.338 e. The van der Waals surface area contributed by atoms with Gasteiger partial charge in [0.15, 0.2) is 0 Å². The Morgan fingerprint density at radius 1 is 0.365 bits per heavy atom. The second-order valence-corrected chi connectivity index (χ2v) is 31.4. The van der Waals surface area contributed by atoms with Gasteiger partial charge in [0.25, 0.3) is 0 Å². The number of nitrogens with zero attached hydrogens (tertiary/aromatic N) is 1. The van der Waals surface area contributed by atoms with Gasteiger partial charge in [0.05, 0.1) is 0 Å². The van der Waals surface area contributed by atoms with Crippen LogP contribution in [0.5, 0.6) is 0 Å². The number of allylic oxidation sites excluding steroid dienone is 22. The Labute approximate surface area is 573 Å². The first-order chi connectivity index (χ1) is 47.7. The molecule has 1 heteroatoms. The number of para-hydroxylation sites is 1. The molecule has 1 nitrogen and oxygen atoms in total. The van der Waals surface area contributed by atoms with Crippen molar-refractivity contribution < 1.29 is 0 Å². The van der Waals surface area contributed by atoms with Crippen LogP contribution in [0.15, 0.2) is 263 Å². The molecule has 480 valence electrons. The number of benzene rings is 6. The Morgan fingerprint density at radius 2 is 0.844 bits per heavy atom. The molecule has 1 aliphatic heterocycles. The van der Waals surface area contributed by atoms with Crippen LogP contribution >= 0.6 is 0 Å². The minimum absolute atomic E-state index is 0.404. The highest BCUT2D eigenvalue weighted by Crippen LogP contribution is 2.63. The van der Waals surface area contributed by atoms with E-state index in [-0.39, 0.29) is 0 Å². The molecule has 0 bridgehead atoms. The lowest BCUT2D eigenvalue weighted by Gasteiger charge is -2.51. The summed E-state index contributed by atoms with van der Waals surface area (Å²) in [7, 11) is 0. The van der Waals surface area contributed by atoms with Gasteiger partial charge in [-0.05, 0) is 319 Å². The number of rotatable bonds is 6. The molecule has 0 saturated heterocycles. The summed E-state index contributed by atoms with van der Waals surface area (Å²) >= 11 is 0. The van der Waals surface area contributed by atoms with Crippen LogP contribution in [-0.4, -0.2) is 6.04 Å². The molecule has 0 radical (unpaired) electrons. The average molecular weight is 1250 g/mol. The summed E-state index contributed by atoms with van der Waals surface area (Å²) < 4.78 is 0. The Morgan fingerprint density at radius 3 is 1.44 bits per heavy atom. The van der Waals surface area contributed by atoms with Crippen LogP contribution in [0.25, 0.3) is 11.1 Å². The molecule has 96 heavy (non-hydrogen) atoms. The SMILES string of the molecule is C1=CC2=C(c3cccc4c3CCCC4)C3=CC4=C(CC5CC=CCC5C4c4ccccc4)CC3C(c3cccc4c3CCCC4)C2C=C1.C1=CC2=C(c3cccc4c3CCCC4)C3=CC4=C(CC5CC=CCC5N4c4ccccc4)CC3C(c3cccc4c3CCCC4)C2C=C1. The van der Waals surface area contributed by atoms with Gasteiger partial charge in [0.2, 0.25) is 0 Å². The molecule has 6 aromatic carbocycles. The summed E-state index contributed by atoms with van der Waals surface area (Å²) in [6.07, 6.45) is 65.1. The van der Waals surface area contributed by atoms with Crippen LogP contribution in [0.2, 0.25) is 0 Å². The number of hydrogen-bond acceptors (Lipinski definition) is 1. The van der Waals surface area contributed by atoms with E-state index in [1.807, 2.05) is 0 Å². The molecule has 11 unspecified atom stereocenters. The van der Waals surface area contributed by atoms with E-state index in [9.17, 15) is 0 Å². The Balaban J connectivity index is 0.000000135. The van der Waals surface area contributed by atoms with Crippen LogP contribution in [-0.2, 0) is 51.4 Å². The first kappa shape index (κ1) is 59.3. The molecule has 1 heterocycles. The Bertz CT molecular complexity index is 4200. The minimum atomic E-state index is 0.404. The molecule has 0 fully saturated rings. The summed E-state index contributed by atoms with van der Waals surface area (Å²) in [6, 6.07) is 52.8. The predicted octanol–water partition coefficient (Wildman–Crippen LogP) is 22.9. The number of aryl methyl sites for hydroxylation is 4. The lowest BCUT2D eigenvalue weighted by Crippen LogP contribution is -2.46. The monoisotopic (exact) mass is 1250 g/mol. The molecular formula is C95H95N. The zero-order valence-corrected chi connectivity index (χ0v) is 56.6. The van der Waals surface area contributed by atoms with Crippen molar-refractivity contribution in [3.63, 3.8) is 0 Å². The van der Waals surface area contributed by atoms with Crippen LogP contribution in [0.4, 0.5) is 5.69 Å². The number of fused-ring (bicyclic) bond motifs is 10. The van der Waals surface area contributed by atoms with Crippen molar-refractivity contribution in [2.75, 3.05) is 4.90 Å². The fraction of sp³-hybridized carbons (Fsp3) is 0.368. The van der Waals surface area contributed by atoms with Crippen LogP contribution in [0, 0.1) is 41.4 Å². The lowest BCUT2D eigenvalue weighted by molar-refractivity contribution is 0.259. The fourth-order valence-electron chi connectivity index (χ4n) is 22.6. The van der Waals surface area contributed by atoms with E-state index in [4.69, 9.17) is 0 Å². The van der Waals surface area contributed by atoms with Crippen molar-refractivity contribution in [2.24, 2.45) is 41.4 Å². The summed E-state index contributed by atoms with van der Waals surface area (Å²) in [5.41, 5.74) is 38.6. The van der Waals surface area contributed by atoms with E-state index in [1.165, 1.54) is 170 Å². The van der Waals surface area contributed by atoms with Crippen LogP contribution < -0.4 is 4.90 Å². The Hall–Kier alpha value is -8.00. The zero-order valence-electron chi connectivity index (χ0n) is 56.6. The molecule has 0 spiro atoms. The van der Waals surface area contributed by atoms with Crippen molar-refractivity contribution in [3.05, 3.63) is 336 Å². The topological polar surface area (TPSA) is 3.24 Å². The lowest BCUT2D eigenvalue weighted by atomic mass is 9.54. The molecule has 0 N–H and O–H groups in total.